The maximum atomic E-state index is 5.98. The van der Waals surface area contributed by atoms with Crippen molar-refractivity contribution in [2.45, 2.75) is 26.8 Å². The Bertz CT molecular complexity index is 492. The van der Waals surface area contributed by atoms with Crippen molar-refractivity contribution in [2.75, 3.05) is 0 Å². The van der Waals surface area contributed by atoms with Crippen LogP contribution in [0.5, 0.6) is 0 Å². The Morgan fingerprint density at radius 1 is 1.38 bits per heavy atom. The Morgan fingerprint density at radius 3 is 2.94 bits per heavy atom. The average molecular weight is 237 g/mol. The number of aryl methyl sites for hydroxylation is 1. The molecule has 0 N–H and O–H groups in total. The number of hydrogen-bond donors (Lipinski definition) is 0. The zero-order valence-electron chi connectivity index (χ0n) is 9.31. The first kappa shape index (κ1) is 11.1. The third-order valence-electron chi connectivity index (χ3n) is 2.42. The van der Waals surface area contributed by atoms with Gasteiger partial charge in [0.25, 0.3) is 0 Å². The van der Waals surface area contributed by atoms with Gasteiger partial charge in [0.1, 0.15) is 11.5 Å². The van der Waals surface area contributed by atoms with E-state index in [1.807, 2.05) is 17.7 Å². The minimum atomic E-state index is 0.495. The van der Waals surface area contributed by atoms with E-state index in [1.165, 1.54) is 6.33 Å². The van der Waals surface area contributed by atoms with E-state index in [-0.39, 0.29) is 0 Å². The van der Waals surface area contributed by atoms with Crippen molar-refractivity contribution in [2.24, 2.45) is 0 Å². The normalized spacial score (nSPS) is 10.7. The van der Waals surface area contributed by atoms with Crippen molar-refractivity contribution in [1.82, 2.24) is 19.7 Å². The number of hydrogen-bond acceptors (Lipinski definition) is 3. The molecule has 0 bridgehead atoms. The highest BCUT2D eigenvalue weighted by Crippen LogP contribution is 2.24. The molecule has 0 fully saturated rings. The lowest BCUT2D eigenvalue weighted by Gasteiger charge is -2.08. The van der Waals surface area contributed by atoms with Crippen molar-refractivity contribution < 1.29 is 0 Å². The SMILES string of the molecule is CCCn1nccc1-c1ncnc(Cl)c1C. The molecule has 0 saturated carbocycles. The molecule has 5 heteroatoms. The molecule has 2 aromatic rings. The summed E-state index contributed by atoms with van der Waals surface area (Å²) >= 11 is 5.98. The Hall–Kier alpha value is -1.42. The lowest BCUT2D eigenvalue weighted by Crippen LogP contribution is -2.03. The van der Waals surface area contributed by atoms with Gasteiger partial charge in [0.15, 0.2) is 0 Å². The van der Waals surface area contributed by atoms with Crippen LogP contribution in [-0.4, -0.2) is 19.7 Å². The number of rotatable bonds is 3. The molecule has 0 atom stereocenters. The molecule has 0 aromatic carbocycles. The van der Waals surface area contributed by atoms with E-state index < -0.39 is 0 Å². The highest BCUT2D eigenvalue weighted by Gasteiger charge is 2.11. The van der Waals surface area contributed by atoms with E-state index in [0.29, 0.717) is 5.15 Å². The summed E-state index contributed by atoms with van der Waals surface area (Å²) in [6.45, 7) is 4.91. The zero-order valence-corrected chi connectivity index (χ0v) is 10.1. The molecule has 0 aliphatic carbocycles. The number of halogens is 1. The minimum Gasteiger partial charge on any atom is -0.263 e. The third-order valence-corrected chi connectivity index (χ3v) is 2.80. The average Bonchev–Trinajstić information content (AvgIpc) is 2.71. The summed E-state index contributed by atoms with van der Waals surface area (Å²) < 4.78 is 1.94. The summed E-state index contributed by atoms with van der Waals surface area (Å²) in [4.78, 5) is 8.22. The predicted molar refractivity (Wildman–Crippen MR) is 63.3 cm³/mol. The van der Waals surface area contributed by atoms with Crippen LogP contribution in [0.3, 0.4) is 0 Å². The Morgan fingerprint density at radius 2 is 2.19 bits per heavy atom. The molecule has 0 unspecified atom stereocenters. The molecular formula is C11H13ClN4. The highest BCUT2D eigenvalue weighted by molar-refractivity contribution is 6.30. The molecule has 0 amide bonds. The van der Waals surface area contributed by atoms with Gasteiger partial charge >= 0.3 is 0 Å². The van der Waals surface area contributed by atoms with Crippen LogP contribution in [0.2, 0.25) is 5.15 Å². The lowest BCUT2D eigenvalue weighted by molar-refractivity contribution is 0.607. The van der Waals surface area contributed by atoms with Gasteiger partial charge in [0.2, 0.25) is 0 Å². The predicted octanol–water partition coefficient (Wildman–Crippen LogP) is 2.71. The van der Waals surface area contributed by atoms with Crippen LogP contribution in [0.15, 0.2) is 18.6 Å². The molecule has 16 heavy (non-hydrogen) atoms. The van der Waals surface area contributed by atoms with Crippen LogP contribution >= 0.6 is 11.6 Å². The van der Waals surface area contributed by atoms with Crippen LogP contribution in [0.1, 0.15) is 18.9 Å². The van der Waals surface area contributed by atoms with Crippen LogP contribution in [-0.2, 0) is 6.54 Å². The van der Waals surface area contributed by atoms with Crippen molar-refractivity contribution in [3.8, 4) is 11.4 Å². The summed E-state index contributed by atoms with van der Waals surface area (Å²) in [5, 5.41) is 4.76. The van der Waals surface area contributed by atoms with E-state index in [1.54, 1.807) is 6.20 Å². The van der Waals surface area contributed by atoms with Gasteiger partial charge in [0.05, 0.1) is 11.4 Å². The van der Waals surface area contributed by atoms with Crippen LogP contribution in [0.4, 0.5) is 0 Å². The second-order valence-corrected chi connectivity index (χ2v) is 3.94. The van der Waals surface area contributed by atoms with Crippen LogP contribution in [0.25, 0.3) is 11.4 Å². The van der Waals surface area contributed by atoms with Gasteiger partial charge in [-0.3, -0.25) is 4.68 Å². The smallest absolute Gasteiger partial charge is 0.136 e. The minimum absolute atomic E-state index is 0.495. The standard InChI is InChI=1S/C11H13ClN4/c1-3-6-16-9(4-5-15-16)10-8(2)11(12)14-7-13-10/h4-5,7H,3,6H2,1-2H3. The van der Waals surface area contributed by atoms with E-state index in [0.717, 1.165) is 29.9 Å². The molecule has 0 aliphatic heterocycles. The van der Waals surface area contributed by atoms with E-state index in [9.17, 15) is 0 Å². The summed E-state index contributed by atoms with van der Waals surface area (Å²) in [5.74, 6) is 0. The van der Waals surface area contributed by atoms with Crippen LogP contribution < -0.4 is 0 Å². The molecule has 2 aromatic heterocycles. The number of nitrogens with zero attached hydrogens (tertiary/aromatic N) is 4. The summed E-state index contributed by atoms with van der Waals surface area (Å²) in [6, 6.07) is 1.95. The van der Waals surface area contributed by atoms with Gasteiger partial charge in [-0.1, -0.05) is 18.5 Å². The van der Waals surface area contributed by atoms with E-state index in [2.05, 4.69) is 22.0 Å². The fourth-order valence-corrected chi connectivity index (χ4v) is 1.74. The highest BCUT2D eigenvalue weighted by atomic mass is 35.5. The van der Waals surface area contributed by atoms with Crippen molar-refractivity contribution >= 4 is 11.6 Å². The van der Waals surface area contributed by atoms with Crippen LogP contribution in [0, 0.1) is 6.92 Å². The van der Waals surface area contributed by atoms with Crippen molar-refractivity contribution in [1.29, 1.82) is 0 Å². The second kappa shape index (κ2) is 4.61. The number of aromatic nitrogens is 4. The Kier molecular flexibility index (Phi) is 3.19. The van der Waals surface area contributed by atoms with E-state index >= 15 is 0 Å². The maximum Gasteiger partial charge on any atom is 0.136 e. The molecule has 0 aliphatic rings. The molecule has 2 rings (SSSR count). The van der Waals surface area contributed by atoms with E-state index in [4.69, 9.17) is 11.6 Å². The largest absolute Gasteiger partial charge is 0.263 e. The first-order valence-corrected chi connectivity index (χ1v) is 5.61. The molecule has 2 heterocycles. The zero-order chi connectivity index (χ0) is 11.5. The molecule has 0 radical (unpaired) electrons. The quantitative estimate of drug-likeness (QED) is 0.770. The fourth-order valence-electron chi connectivity index (χ4n) is 1.61. The second-order valence-electron chi connectivity index (χ2n) is 3.58. The topological polar surface area (TPSA) is 43.6 Å². The third kappa shape index (κ3) is 1.93. The van der Waals surface area contributed by atoms with Crippen molar-refractivity contribution in [3.63, 3.8) is 0 Å². The first-order valence-electron chi connectivity index (χ1n) is 5.23. The summed E-state index contributed by atoms with van der Waals surface area (Å²) in [7, 11) is 0. The van der Waals surface area contributed by atoms with Crippen molar-refractivity contribution in [3.05, 3.63) is 29.3 Å². The molecule has 4 nitrogen and oxygen atoms in total. The summed E-state index contributed by atoms with van der Waals surface area (Å²) in [5.41, 5.74) is 2.73. The van der Waals surface area contributed by atoms with Gasteiger partial charge in [0, 0.05) is 18.3 Å². The van der Waals surface area contributed by atoms with Gasteiger partial charge in [-0.05, 0) is 19.4 Å². The molecule has 0 saturated heterocycles. The first-order chi connectivity index (χ1) is 7.74. The fraction of sp³-hybridized carbons (Fsp3) is 0.364. The molecule has 84 valence electrons. The summed E-state index contributed by atoms with van der Waals surface area (Å²) in [6.07, 6.45) is 4.29. The monoisotopic (exact) mass is 236 g/mol. The van der Waals surface area contributed by atoms with Gasteiger partial charge in [-0.2, -0.15) is 5.10 Å². The Balaban J connectivity index is 2.50. The maximum absolute atomic E-state index is 5.98. The Labute approximate surface area is 99.3 Å². The van der Waals surface area contributed by atoms with Gasteiger partial charge < -0.3 is 0 Å². The van der Waals surface area contributed by atoms with Gasteiger partial charge in [-0.15, -0.1) is 0 Å². The molecule has 0 spiro atoms. The van der Waals surface area contributed by atoms with Gasteiger partial charge in [-0.25, -0.2) is 9.97 Å². The molecular weight excluding hydrogens is 224 g/mol. The lowest BCUT2D eigenvalue weighted by atomic mass is 10.2.